The molecule has 0 aromatic heterocycles. The predicted molar refractivity (Wildman–Crippen MR) is 68.5 cm³/mol. The van der Waals surface area contributed by atoms with Crippen molar-refractivity contribution in [2.45, 2.75) is 33.6 Å². The van der Waals surface area contributed by atoms with Crippen molar-refractivity contribution in [1.82, 2.24) is 4.90 Å². The summed E-state index contributed by atoms with van der Waals surface area (Å²) in [5, 5.41) is 0. The van der Waals surface area contributed by atoms with Gasteiger partial charge in [-0.05, 0) is 24.2 Å². The second-order valence-corrected chi connectivity index (χ2v) is 6.80. The number of hydrogen-bond acceptors (Lipinski definition) is 2. The van der Waals surface area contributed by atoms with Gasteiger partial charge in [-0.1, -0.05) is 32.9 Å². The lowest BCUT2D eigenvalue weighted by Crippen LogP contribution is -2.53. The summed E-state index contributed by atoms with van der Waals surface area (Å²) in [6.07, 6.45) is 6.51. The standard InChI is InChI=1S/C15H21NO2/c1-9(2)15-7-5-14(3,6-8-15)10-11(15)13(18)16(4)12(10)17/h5,7,9-11H,6,8H2,1-4H3/t10-,11+,14+,15-/m0/s1. The molecule has 0 N–H and O–H groups in total. The van der Waals surface area contributed by atoms with E-state index in [2.05, 4.69) is 32.9 Å². The van der Waals surface area contributed by atoms with Gasteiger partial charge in [0.1, 0.15) is 0 Å². The van der Waals surface area contributed by atoms with Crippen molar-refractivity contribution in [2.75, 3.05) is 7.05 Å². The van der Waals surface area contributed by atoms with E-state index in [0.717, 1.165) is 12.8 Å². The number of nitrogens with zero attached hydrogens (tertiary/aromatic N) is 1. The summed E-state index contributed by atoms with van der Waals surface area (Å²) in [5.41, 5.74) is -0.210. The number of fused-ring (bicyclic) bond motifs is 1. The fourth-order valence-corrected chi connectivity index (χ4v) is 4.37. The van der Waals surface area contributed by atoms with Gasteiger partial charge in [0.15, 0.2) is 0 Å². The van der Waals surface area contributed by atoms with Crippen LogP contribution in [0.25, 0.3) is 0 Å². The van der Waals surface area contributed by atoms with Crippen molar-refractivity contribution < 1.29 is 9.59 Å². The molecule has 3 nitrogen and oxygen atoms in total. The normalized spacial score (nSPS) is 46.2. The van der Waals surface area contributed by atoms with E-state index in [9.17, 15) is 9.59 Å². The third kappa shape index (κ3) is 1.11. The molecule has 18 heavy (non-hydrogen) atoms. The van der Waals surface area contributed by atoms with Crippen LogP contribution < -0.4 is 0 Å². The number of hydrogen-bond donors (Lipinski definition) is 0. The number of carbonyl (C=O) groups is 2. The topological polar surface area (TPSA) is 37.4 Å². The van der Waals surface area contributed by atoms with Crippen LogP contribution in [0.3, 0.4) is 0 Å². The van der Waals surface area contributed by atoms with E-state index in [4.69, 9.17) is 0 Å². The lowest BCUT2D eigenvalue weighted by Gasteiger charge is -2.55. The van der Waals surface area contributed by atoms with E-state index < -0.39 is 0 Å². The number of carbonyl (C=O) groups excluding carboxylic acids is 2. The van der Waals surface area contributed by atoms with Crippen molar-refractivity contribution >= 4 is 11.8 Å². The van der Waals surface area contributed by atoms with Gasteiger partial charge in [-0.25, -0.2) is 0 Å². The number of allylic oxidation sites excluding steroid dienone is 2. The number of amides is 2. The summed E-state index contributed by atoms with van der Waals surface area (Å²) < 4.78 is 0. The van der Waals surface area contributed by atoms with Gasteiger partial charge in [-0.2, -0.15) is 0 Å². The van der Waals surface area contributed by atoms with E-state index >= 15 is 0 Å². The summed E-state index contributed by atoms with van der Waals surface area (Å²) in [6.45, 7) is 6.48. The Morgan fingerprint density at radius 1 is 1.17 bits per heavy atom. The lowest BCUT2D eigenvalue weighted by atomic mass is 9.46. The Balaban J connectivity index is 2.19. The molecule has 2 fully saturated rings. The van der Waals surface area contributed by atoms with Gasteiger partial charge in [0.25, 0.3) is 0 Å². The zero-order valence-corrected chi connectivity index (χ0v) is 11.6. The molecule has 4 aliphatic rings. The van der Waals surface area contributed by atoms with Gasteiger partial charge in [0.2, 0.25) is 11.8 Å². The Hall–Kier alpha value is -1.12. The van der Waals surface area contributed by atoms with Crippen molar-refractivity contribution in [3.63, 3.8) is 0 Å². The summed E-state index contributed by atoms with van der Waals surface area (Å²) >= 11 is 0. The number of likely N-dealkylation sites (tertiary alicyclic amines) is 1. The Kier molecular flexibility index (Phi) is 2.16. The Morgan fingerprint density at radius 3 is 2.28 bits per heavy atom. The minimum Gasteiger partial charge on any atom is -0.285 e. The first kappa shape index (κ1) is 11.9. The minimum atomic E-state index is -0.129. The Bertz CT molecular complexity index is 467. The van der Waals surface area contributed by atoms with Crippen LogP contribution >= 0.6 is 0 Å². The molecule has 4 rings (SSSR count). The molecule has 0 unspecified atom stereocenters. The molecule has 1 saturated carbocycles. The molecule has 3 heteroatoms. The molecule has 4 atom stereocenters. The summed E-state index contributed by atoms with van der Waals surface area (Å²) in [7, 11) is 1.64. The highest BCUT2D eigenvalue weighted by molar-refractivity contribution is 6.06. The number of imide groups is 1. The fourth-order valence-electron chi connectivity index (χ4n) is 4.37. The van der Waals surface area contributed by atoms with E-state index in [0.29, 0.717) is 5.92 Å². The van der Waals surface area contributed by atoms with Crippen LogP contribution in [0.2, 0.25) is 0 Å². The van der Waals surface area contributed by atoms with Crippen LogP contribution in [-0.4, -0.2) is 23.8 Å². The molecular weight excluding hydrogens is 226 g/mol. The smallest absolute Gasteiger partial charge is 0.233 e. The van der Waals surface area contributed by atoms with Gasteiger partial charge in [0.05, 0.1) is 11.8 Å². The van der Waals surface area contributed by atoms with E-state index in [1.807, 2.05) is 0 Å². The van der Waals surface area contributed by atoms with E-state index in [1.165, 1.54) is 4.90 Å². The highest BCUT2D eigenvalue weighted by Gasteiger charge is 2.66. The van der Waals surface area contributed by atoms with E-state index in [1.54, 1.807) is 7.05 Å². The average Bonchev–Trinajstić information content (AvgIpc) is 2.57. The first-order chi connectivity index (χ1) is 8.33. The molecule has 2 bridgehead atoms. The third-order valence-electron chi connectivity index (χ3n) is 5.76. The maximum atomic E-state index is 12.5. The lowest BCUT2D eigenvalue weighted by molar-refractivity contribution is -0.139. The first-order valence-electron chi connectivity index (χ1n) is 6.85. The average molecular weight is 247 g/mol. The Labute approximate surface area is 108 Å². The highest BCUT2D eigenvalue weighted by atomic mass is 16.2. The van der Waals surface area contributed by atoms with Crippen LogP contribution in [0, 0.1) is 28.6 Å². The molecule has 0 aromatic carbocycles. The maximum absolute atomic E-state index is 12.5. The Morgan fingerprint density at radius 2 is 1.78 bits per heavy atom. The van der Waals surface area contributed by atoms with Gasteiger partial charge in [-0.3, -0.25) is 14.5 Å². The first-order valence-corrected chi connectivity index (χ1v) is 6.85. The molecule has 1 aliphatic heterocycles. The second-order valence-electron chi connectivity index (χ2n) is 6.80. The van der Waals surface area contributed by atoms with Crippen molar-refractivity contribution in [3.05, 3.63) is 12.2 Å². The second kappa shape index (κ2) is 3.25. The molecule has 0 aromatic rings. The van der Waals surface area contributed by atoms with Gasteiger partial charge in [0, 0.05) is 12.5 Å². The summed E-state index contributed by atoms with van der Waals surface area (Å²) in [4.78, 5) is 26.2. The molecule has 1 saturated heterocycles. The van der Waals surface area contributed by atoms with Gasteiger partial charge < -0.3 is 0 Å². The van der Waals surface area contributed by atoms with E-state index in [-0.39, 0.29) is 34.5 Å². The monoisotopic (exact) mass is 247 g/mol. The SMILES string of the molecule is CC(C)[C@]12C=C[C@](C)(CC1)[C@@H]1C(=O)N(C)C(=O)[C@@H]12. The highest BCUT2D eigenvalue weighted by Crippen LogP contribution is 2.63. The summed E-state index contributed by atoms with van der Waals surface area (Å²) in [5.74, 6) is 0.208. The molecule has 0 radical (unpaired) electrons. The van der Waals surface area contributed by atoms with Crippen LogP contribution in [0.1, 0.15) is 33.6 Å². The van der Waals surface area contributed by atoms with Crippen LogP contribution in [0.4, 0.5) is 0 Å². The van der Waals surface area contributed by atoms with Crippen molar-refractivity contribution in [3.8, 4) is 0 Å². The number of rotatable bonds is 1. The maximum Gasteiger partial charge on any atom is 0.233 e. The predicted octanol–water partition coefficient (Wildman–Crippen LogP) is 2.23. The fraction of sp³-hybridized carbons (Fsp3) is 0.733. The zero-order chi connectivity index (χ0) is 13.3. The summed E-state index contributed by atoms with van der Waals surface area (Å²) in [6, 6.07) is 0. The van der Waals surface area contributed by atoms with Crippen LogP contribution in [0.15, 0.2) is 12.2 Å². The third-order valence-corrected chi connectivity index (χ3v) is 5.76. The van der Waals surface area contributed by atoms with Crippen molar-refractivity contribution in [2.24, 2.45) is 28.6 Å². The largest absolute Gasteiger partial charge is 0.285 e. The molecule has 0 spiro atoms. The van der Waals surface area contributed by atoms with Crippen molar-refractivity contribution in [1.29, 1.82) is 0 Å². The van der Waals surface area contributed by atoms with Gasteiger partial charge >= 0.3 is 0 Å². The zero-order valence-electron chi connectivity index (χ0n) is 11.6. The molecule has 3 aliphatic carbocycles. The van der Waals surface area contributed by atoms with Crippen LogP contribution in [-0.2, 0) is 9.59 Å². The molecular formula is C15H21NO2. The molecule has 98 valence electrons. The van der Waals surface area contributed by atoms with Crippen LogP contribution in [0.5, 0.6) is 0 Å². The molecule has 1 heterocycles. The molecule has 2 amide bonds. The quantitative estimate of drug-likeness (QED) is 0.526. The minimum absolute atomic E-state index is 0.0292. The van der Waals surface area contributed by atoms with Gasteiger partial charge in [-0.15, -0.1) is 0 Å².